The lowest BCUT2D eigenvalue weighted by Gasteiger charge is -2.37. The van der Waals surface area contributed by atoms with Gasteiger partial charge in [-0.1, -0.05) is 6.07 Å². The fourth-order valence-electron chi connectivity index (χ4n) is 2.28. The van der Waals surface area contributed by atoms with Gasteiger partial charge in [-0.05, 0) is 31.7 Å². The minimum absolute atomic E-state index is 0.134. The highest BCUT2D eigenvalue weighted by atomic mass is 19.1. The number of piperazine rings is 1. The maximum Gasteiger partial charge on any atom is 0.140 e. The highest BCUT2D eigenvalue weighted by Gasteiger charge is 2.20. The van der Waals surface area contributed by atoms with Gasteiger partial charge in [0.2, 0.25) is 0 Å². The molecular weight excluding hydrogens is 229 g/mol. The lowest BCUT2D eigenvalue weighted by molar-refractivity contribution is 0.1000. The van der Waals surface area contributed by atoms with Crippen LogP contribution in [-0.4, -0.2) is 42.5 Å². The van der Waals surface area contributed by atoms with Crippen molar-refractivity contribution in [3.63, 3.8) is 0 Å². The largest absolute Gasteiger partial charge is 0.301 e. The Labute approximate surface area is 107 Å². The summed E-state index contributed by atoms with van der Waals surface area (Å²) >= 11 is 0. The van der Waals surface area contributed by atoms with Crippen LogP contribution in [0, 0.1) is 17.1 Å². The molecule has 1 fully saturated rings. The smallest absolute Gasteiger partial charge is 0.140 e. The number of halogens is 1. The first-order chi connectivity index (χ1) is 8.60. The second-order valence-corrected chi connectivity index (χ2v) is 4.99. The SMILES string of the molecule is CC1CN(Cc2ccc(F)c(C#N)c2)CCN1C. The van der Waals surface area contributed by atoms with Gasteiger partial charge in [0, 0.05) is 32.2 Å². The summed E-state index contributed by atoms with van der Waals surface area (Å²) in [5.41, 5.74) is 1.14. The van der Waals surface area contributed by atoms with Crippen LogP contribution in [0.15, 0.2) is 18.2 Å². The molecule has 1 saturated heterocycles. The number of rotatable bonds is 2. The van der Waals surface area contributed by atoms with Gasteiger partial charge in [0.1, 0.15) is 11.9 Å². The van der Waals surface area contributed by atoms with Crippen LogP contribution in [-0.2, 0) is 6.54 Å². The van der Waals surface area contributed by atoms with Gasteiger partial charge in [-0.15, -0.1) is 0 Å². The fraction of sp³-hybridized carbons (Fsp3) is 0.500. The number of likely N-dealkylation sites (N-methyl/N-ethyl adjacent to an activating group) is 1. The van der Waals surface area contributed by atoms with Crippen LogP contribution in [0.4, 0.5) is 4.39 Å². The van der Waals surface area contributed by atoms with Gasteiger partial charge in [-0.3, -0.25) is 4.90 Å². The molecular formula is C14H18FN3. The van der Waals surface area contributed by atoms with Gasteiger partial charge in [-0.25, -0.2) is 4.39 Å². The maximum atomic E-state index is 13.2. The summed E-state index contributed by atoms with van der Waals surface area (Å²) in [6.45, 7) is 6.06. The molecule has 1 aromatic rings. The van der Waals surface area contributed by atoms with Crippen LogP contribution in [0.2, 0.25) is 0 Å². The Kier molecular flexibility index (Phi) is 3.95. The molecule has 96 valence electrons. The van der Waals surface area contributed by atoms with Crippen molar-refractivity contribution < 1.29 is 4.39 Å². The summed E-state index contributed by atoms with van der Waals surface area (Å²) in [6, 6.07) is 7.22. The van der Waals surface area contributed by atoms with Crippen LogP contribution < -0.4 is 0 Å². The fourth-order valence-corrected chi connectivity index (χ4v) is 2.28. The lowest BCUT2D eigenvalue weighted by Crippen LogP contribution is -2.49. The maximum absolute atomic E-state index is 13.2. The molecule has 0 N–H and O–H groups in total. The van der Waals surface area contributed by atoms with Crippen molar-refractivity contribution in [1.29, 1.82) is 5.26 Å². The van der Waals surface area contributed by atoms with Gasteiger partial charge in [-0.2, -0.15) is 5.26 Å². The molecule has 0 bridgehead atoms. The zero-order valence-electron chi connectivity index (χ0n) is 10.9. The van der Waals surface area contributed by atoms with Crippen LogP contribution in [0.25, 0.3) is 0 Å². The minimum Gasteiger partial charge on any atom is -0.301 e. The van der Waals surface area contributed by atoms with Gasteiger partial charge in [0.25, 0.3) is 0 Å². The first kappa shape index (κ1) is 13.0. The summed E-state index contributed by atoms with van der Waals surface area (Å²) in [6.07, 6.45) is 0. The molecule has 1 unspecified atom stereocenters. The van der Waals surface area contributed by atoms with Gasteiger partial charge in [0.05, 0.1) is 5.56 Å². The third-order valence-electron chi connectivity index (χ3n) is 3.60. The Morgan fingerprint density at radius 3 is 2.89 bits per heavy atom. The average Bonchev–Trinajstić information content (AvgIpc) is 2.36. The summed E-state index contributed by atoms with van der Waals surface area (Å²) in [5, 5.41) is 8.82. The molecule has 3 nitrogen and oxygen atoms in total. The average molecular weight is 247 g/mol. The molecule has 1 heterocycles. The summed E-state index contributed by atoms with van der Waals surface area (Å²) in [7, 11) is 2.13. The van der Waals surface area contributed by atoms with E-state index < -0.39 is 5.82 Å². The molecule has 0 aromatic heterocycles. The number of hydrogen-bond donors (Lipinski definition) is 0. The number of benzene rings is 1. The predicted molar refractivity (Wildman–Crippen MR) is 68.5 cm³/mol. The molecule has 1 aliphatic rings. The number of nitriles is 1. The van der Waals surface area contributed by atoms with Crippen LogP contribution in [0.5, 0.6) is 0 Å². The molecule has 18 heavy (non-hydrogen) atoms. The van der Waals surface area contributed by atoms with Crippen molar-refractivity contribution in [2.24, 2.45) is 0 Å². The highest BCUT2D eigenvalue weighted by molar-refractivity contribution is 5.34. The summed E-state index contributed by atoms with van der Waals surface area (Å²) in [4.78, 5) is 4.68. The van der Waals surface area contributed by atoms with Gasteiger partial charge >= 0.3 is 0 Å². The first-order valence-corrected chi connectivity index (χ1v) is 6.21. The molecule has 0 amide bonds. The van der Waals surface area contributed by atoms with E-state index >= 15 is 0 Å². The molecule has 1 aromatic carbocycles. The molecule has 1 atom stereocenters. The van der Waals surface area contributed by atoms with Crippen molar-refractivity contribution >= 4 is 0 Å². The second-order valence-electron chi connectivity index (χ2n) is 4.99. The lowest BCUT2D eigenvalue weighted by atomic mass is 10.1. The molecule has 4 heteroatoms. The molecule has 0 saturated carbocycles. The quantitative estimate of drug-likeness (QED) is 0.798. The Bertz CT molecular complexity index is 467. The van der Waals surface area contributed by atoms with Crippen LogP contribution in [0.3, 0.4) is 0 Å². The molecule has 2 rings (SSSR count). The zero-order chi connectivity index (χ0) is 13.1. The Morgan fingerprint density at radius 1 is 1.44 bits per heavy atom. The van der Waals surface area contributed by atoms with E-state index in [0.717, 1.165) is 31.7 Å². The minimum atomic E-state index is -0.437. The van der Waals surface area contributed by atoms with Crippen molar-refractivity contribution in [2.75, 3.05) is 26.7 Å². The molecule has 0 radical (unpaired) electrons. The predicted octanol–water partition coefficient (Wildman–Crippen LogP) is 1.83. The molecule has 1 aliphatic heterocycles. The number of nitrogens with zero attached hydrogens (tertiary/aromatic N) is 3. The molecule has 0 aliphatic carbocycles. The topological polar surface area (TPSA) is 30.3 Å². The van der Waals surface area contributed by atoms with E-state index in [2.05, 4.69) is 23.8 Å². The Morgan fingerprint density at radius 2 is 2.22 bits per heavy atom. The number of hydrogen-bond acceptors (Lipinski definition) is 3. The summed E-state index contributed by atoms with van der Waals surface area (Å²) in [5.74, 6) is -0.437. The Hall–Kier alpha value is -1.44. The third-order valence-corrected chi connectivity index (χ3v) is 3.60. The van der Waals surface area contributed by atoms with Gasteiger partial charge in [0.15, 0.2) is 0 Å². The van der Waals surface area contributed by atoms with Crippen LogP contribution >= 0.6 is 0 Å². The highest BCUT2D eigenvalue weighted by Crippen LogP contribution is 2.14. The zero-order valence-corrected chi connectivity index (χ0v) is 10.9. The summed E-state index contributed by atoms with van der Waals surface area (Å²) < 4.78 is 13.2. The van der Waals surface area contributed by atoms with E-state index in [4.69, 9.17) is 5.26 Å². The van der Waals surface area contributed by atoms with E-state index in [1.165, 1.54) is 6.07 Å². The van der Waals surface area contributed by atoms with E-state index in [1.807, 2.05) is 6.07 Å². The van der Waals surface area contributed by atoms with Gasteiger partial charge < -0.3 is 4.90 Å². The van der Waals surface area contributed by atoms with Crippen molar-refractivity contribution in [2.45, 2.75) is 19.5 Å². The monoisotopic (exact) mass is 247 g/mol. The standard InChI is InChI=1S/C14H18FN3/c1-11-9-18(6-5-17(11)2)10-12-3-4-14(15)13(7-12)8-16/h3-4,7,11H,5-6,9-10H2,1-2H3. The first-order valence-electron chi connectivity index (χ1n) is 6.21. The van der Waals surface area contributed by atoms with Crippen molar-refractivity contribution in [3.05, 3.63) is 35.1 Å². The van der Waals surface area contributed by atoms with E-state index in [1.54, 1.807) is 12.1 Å². The van der Waals surface area contributed by atoms with E-state index in [-0.39, 0.29) is 5.56 Å². The van der Waals surface area contributed by atoms with Crippen molar-refractivity contribution in [1.82, 2.24) is 9.80 Å². The third kappa shape index (κ3) is 2.87. The normalized spacial score (nSPS) is 21.8. The van der Waals surface area contributed by atoms with Crippen LogP contribution in [0.1, 0.15) is 18.1 Å². The molecule has 0 spiro atoms. The second kappa shape index (κ2) is 5.47. The van der Waals surface area contributed by atoms with E-state index in [0.29, 0.717) is 6.04 Å². The van der Waals surface area contributed by atoms with Crippen molar-refractivity contribution in [3.8, 4) is 6.07 Å². The Balaban J connectivity index is 2.04. The van der Waals surface area contributed by atoms with E-state index in [9.17, 15) is 4.39 Å².